The van der Waals surface area contributed by atoms with Gasteiger partial charge in [-0.05, 0) is 30.7 Å². The lowest BCUT2D eigenvalue weighted by Gasteiger charge is -2.14. The maximum absolute atomic E-state index is 11.2. The van der Waals surface area contributed by atoms with E-state index < -0.39 is 0 Å². The Morgan fingerprint density at radius 1 is 1.41 bits per heavy atom. The van der Waals surface area contributed by atoms with Gasteiger partial charge in [0.25, 0.3) is 0 Å². The van der Waals surface area contributed by atoms with Crippen LogP contribution in [0.5, 0.6) is 0 Å². The SMILES string of the molecule is C=CC(=O)NC(C)c1cccc(NC(C)=O)c1. The maximum Gasteiger partial charge on any atom is 0.243 e. The van der Waals surface area contributed by atoms with Gasteiger partial charge in [0.05, 0.1) is 6.04 Å². The quantitative estimate of drug-likeness (QED) is 0.780. The van der Waals surface area contributed by atoms with Crippen molar-refractivity contribution < 1.29 is 9.59 Å². The maximum atomic E-state index is 11.2. The van der Waals surface area contributed by atoms with Crippen LogP contribution in [0.25, 0.3) is 0 Å². The number of benzene rings is 1. The van der Waals surface area contributed by atoms with Crippen molar-refractivity contribution >= 4 is 17.5 Å². The molecule has 0 radical (unpaired) electrons. The van der Waals surface area contributed by atoms with Gasteiger partial charge in [-0.15, -0.1) is 0 Å². The van der Waals surface area contributed by atoms with Crippen LogP contribution >= 0.6 is 0 Å². The Bertz CT molecular complexity index is 441. The molecular weight excluding hydrogens is 216 g/mol. The summed E-state index contributed by atoms with van der Waals surface area (Å²) in [5.74, 6) is -0.340. The summed E-state index contributed by atoms with van der Waals surface area (Å²) in [4.78, 5) is 22.1. The number of anilines is 1. The minimum Gasteiger partial charge on any atom is -0.346 e. The first-order valence-corrected chi connectivity index (χ1v) is 5.33. The Morgan fingerprint density at radius 3 is 2.71 bits per heavy atom. The highest BCUT2D eigenvalue weighted by Crippen LogP contribution is 2.17. The summed E-state index contributed by atoms with van der Waals surface area (Å²) >= 11 is 0. The molecule has 2 amide bonds. The lowest BCUT2D eigenvalue weighted by atomic mass is 10.1. The van der Waals surface area contributed by atoms with Crippen LogP contribution in [-0.4, -0.2) is 11.8 Å². The van der Waals surface area contributed by atoms with Gasteiger partial charge in [-0.25, -0.2) is 0 Å². The van der Waals surface area contributed by atoms with E-state index in [-0.39, 0.29) is 17.9 Å². The summed E-state index contributed by atoms with van der Waals surface area (Å²) < 4.78 is 0. The van der Waals surface area contributed by atoms with Crippen molar-refractivity contribution in [2.45, 2.75) is 19.9 Å². The van der Waals surface area contributed by atoms with Crippen molar-refractivity contribution in [1.29, 1.82) is 0 Å². The molecule has 1 aromatic carbocycles. The number of hydrogen-bond acceptors (Lipinski definition) is 2. The summed E-state index contributed by atoms with van der Waals surface area (Å²) in [6, 6.07) is 7.22. The zero-order chi connectivity index (χ0) is 12.8. The van der Waals surface area contributed by atoms with Gasteiger partial charge >= 0.3 is 0 Å². The predicted octanol–water partition coefficient (Wildman–Crippen LogP) is 2.01. The molecule has 2 N–H and O–H groups in total. The van der Waals surface area contributed by atoms with Crippen LogP contribution in [0.15, 0.2) is 36.9 Å². The molecule has 90 valence electrons. The number of nitrogens with one attached hydrogen (secondary N) is 2. The van der Waals surface area contributed by atoms with Gasteiger partial charge < -0.3 is 10.6 Å². The van der Waals surface area contributed by atoms with Crippen LogP contribution in [0.3, 0.4) is 0 Å². The Morgan fingerprint density at radius 2 is 2.12 bits per heavy atom. The molecule has 4 heteroatoms. The highest BCUT2D eigenvalue weighted by atomic mass is 16.2. The van der Waals surface area contributed by atoms with Crippen molar-refractivity contribution in [2.24, 2.45) is 0 Å². The molecular formula is C13H16N2O2. The number of amides is 2. The molecule has 0 aliphatic carbocycles. The summed E-state index contributed by atoms with van der Waals surface area (Å²) in [5, 5.41) is 5.45. The molecule has 0 saturated carbocycles. The third-order valence-electron chi connectivity index (χ3n) is 2.25. The zero-order valence-electron chi connectivity index (χ0n) is 9.99. The van der Waals surface area contributed by atoms with Gasteiger partial charge in [-0.1, -0.05) is 18.7 Å². The normalized spacial score (nSPS) is 11.4. The van der Waals surface area contributed by atoms with E-state index in [1.807, 2.05) is 25.1 Å². The van der Waals surface area contributed by atoms with E-state index in [4.69, 9.17) is 0 Å². The van der Waals surface area contributed by atoms with Crippen molar-refractivity contribution in [2.75, 3.05) is 5.32 Å². The van der Waals surface area contributed by atoms with Crippen LogP contribution < -0.4 is 10.6 Å². The first-order chi connectivity index (χ1) is 8.02. The van der Waals surface area contributed by atoms with E-state index >= 15 is 0 Å². The Labute approximate surface area is 101 Å². The number of rotatable bonds is 4. The molecule has 0 saturated heterocycles. The van der Waals surface area contributed by atoms with Crippen molar-refractivity contribution in [3.63, 3.8) is 0 Å². The summed E-state index contributed by atoms with van der Waals surface area (Å²) in [5.41, 5.74) is 1.64. The topological polar surface area (TPSA) is 58.2 Å². The van der Waals surface area contributed by atoms with Crippen LogP contribution in [0.1, 0.15) is 25.5 Å². The lowest BCUT2D eigenvalue weighted by Crippen LogP contribution is -2.24. The molecule has 0 bridgehead atoms. The molecule has 0 spiro atoms. The molecule has 1 atom stereocenters. The molecule has 4 nitrogen and oxygen atoms in total. The summed E-state index contributed by atoms with van der Waals surface area (Å²) in [6.45, 7) is 6.72. The first-order valence-electron chi connectivity index (χ1n) is 5.33. The Kier molecular flexibility index (Phi) is 4.46. The minimum absolute atomic E-state index is 0.120. The number of carbonyl (C=O) groups is 2. The van der Waals surface area contributed by atoms with Gasteiger partial charge in [0, 0.05) is 12.6 Å². The summed E-state index contributed by atoms with van der Waals surface area (Å²) in [7, 11) is 0. The van der Waals surface area contributed by atoms with E-state index in [0.29, 0.717) is 0 Å². The van der Waals surface area contributed by atoms with E-state index in [2.05, 4.69) is 17.2 Å². The molecule has 1 rings (SSSR count). The molecule has 0 heterocycles. The average Bonchev–Trinajstić information content (AvgIpc) is 2.28. The highest BCUT2D eigenvalue weighted by Gasteiger charge is 2.07. The minimum atomic E-state index is -0.220. The molecule has 0 aliphatic rings. The van der Waals surface area contributed by atoms with Crippen molar-refractivity contribution in [3.05, 3.63) is 42.5 Å². The first kappa shape index (κ1) is 13.0. The molecule has 0 aliphatic heterocycles. The van der Waals surface area contributed by atoms with Gasteiger partial charge in [-0.3, -0.25) is 9.59 Å². The van der Waals surface area contributed by atoms with Gasteiger partial charge in [0.1, 0.15) is 0 Å². The van der Waals surface area contributed by atoms with E-state index in [1.54, 1.807) is 6.07 Å². The largest absolute Gasteiger partial charge is 0.346 e. The number of carbonyl (C=O) groups excluding carboxylic acids is 2. The zero-order valence-corrected chi connectivity index (χ0v) is 9.99. The fraction of sp³-hybridized carbons (Fsp3) is 0.231. The second-order valence-corrected chi connectivity index (χ2v) is 3.74. The average molecular weight is 232 g/mol. The van der Waals surface area contributed by atoms with Crippen LogP contribution in [0.2, 0.25) is 0 Å². The molecule has 0 aromatic heterocycles. The standard InChI is InChI=1S/C13H16N2O2/c1-4-13(17)14-9(2)11-6-5-7-12(8-11)15-10(3)16/h4-9H,1H2,2-3H3,(H,14,17)(H,15,16). The summed E-state index contributed by atoms with van der Waals surface area (Å²) in [6.07, 6.45) is 1.23. The van der Waals surface area contributed by atoms with Gasteiger partial charge in [0.2, 0.25) is 11.8 Å². The van der Waals surface area contributed by atoms with E-state index in [1.165, 1.54) is 13.0 Å². The van der Waals surface area contributed by atoms with Crippen LogP contribution in [-0.2, 0) is 9.59 Å². The molecule has 1 aromatic rings. The Balaban J connectivity index is 2.79. The van der Waals surface area contributed by atoms with E-state index in [0.717, 1.165) is 11.3 Å². The fourth-order valence-electron chi connectivity index (χ4n) is 1.44. The van der Waals surface area contributed by atoms with Crippen LogP contribution in [0.4, 0.5) is 5.69 Å². The lowest BCUT2D eigenvalue weighted by molar-refractivity contribution is -0.117. The van der Waals surface area contributed by atoms with Crippen LogP contribution in [0, 0.1) is 0 Å². The van der Waals surface area contributed by atoms with Crippen molar-refractivity contribution in [3.8, 4) is 0 Å². The monoisotopic (exact) mass is 232 g/mol. The van der Waals surface area contributed by atoms with E-state index in [9.17, 15) is 9.59 Å². The van der Waals surface area contributed by atoms with Gasteiger partial charge in [0.15, 0.2) is 0 Å². The second-order valence-electron chi connectivity index (χ2n) is 3.74. The second kappa shape index (κ2) is 5.84. The smallest absolute Gasteiger partial charge is 0.243 e. The van der Waals surface area contributed by atoms with Crippen molar-refractivity contribution in [1.82, 2.24) is 5.32 Å². The predicted molar refractivity (Wildman–Crippen MR) is 67.5 cm³/mol. The van der Waals surface area contributed by atoms with Gasteiger partial charge in [-0.2, -0.15) is 0 Å². The molecule has 0 fully saturated rings. The highest BCUT2D eigenvalue weighted by molar-refractivity contribution is 5.89. The molecule has 17 heavy (non-hydrogen) atoms. The number of hydrogen-bond donors (Lipinski definition) is 2. The fourth-order valence-corrected chi connectivity index (χ4v) is 1.44. The Hall–Kier alpha value is -2.10. The third-order valence-corrected chi connectivity index (χ3v) is 2.25. The molecule has 1 unspecified atom stereocenters. The third kappa shape index (κ3) is 4.10.